The molecular weight excluding hydrogens is 273 g/mol. The molecule has 0 aliphatic rings. The van der Waals surface area contributed by atoms with Crippen molar-refractivity contribution in [2.75, 3.05) is 13.7 Å². The van der Waals surface area contributed by atoms with Gasteiger partial charge in [0.15, 0.2) is 11.6 Å². The molecule has 0 unspecified atom stereocenters. The first-order valence-electron chi connectivity index (χ1n) is 6.99. The van der Waals surface area contributed by atoms with Gasteiger partial charge < -0.3 is 14.8 Å². The van der Waals surface area contributed by atoms with Crippen LogP contribution >= 0.6 is 0 Å². The predicted octanol–water partition coefficient (Wildman–Crippen LogP) is 2.90. The fourth-order valence-corrected chi connectivity index (χ4v) is 1.69. The molecule has 0 saturated heterocycles. The van der Waals surface area contributed by atoms with E-state index in [4.69, 9.17) is 4.74 Å². The lowest BCUT2D eigenvalue weighted by Gasteiger charge is -2.21. The van der Waals surface area contributed by atoms with Gasteiger partial charge in [0.2, 0.25) is 0 Å². The zero-order valence-electron chi connectivity index (χ0n) is 13.3. The van der Waals surface area contributed by atoms with Crippen LogP contribution in [0.2, 0.25) is 0 Å². The second-order valence-corrected chi connectivity index (χ2v) is 5.96. The lowest BCUT2D eigenvalue weighted by Crippen LogP contribution is -2.32. The van der Waals surface area contributed by atoms with Crippen molar-refractivity contribution in [2.45, 2.75) is 40.3 Å². The summed E-state index contributed by atoms with van der Waals surface area (Å²) in [4.78, 5) is 11.5. The molecule has 0 amide bonds. The maximum absolute atomic E-state index is 14.0. The third kappa shape index (κ3) is 5.34. The van der Waals surface area contributed by atoms with Gasteiger partial charge in [0.1, 0.15) is 6.61 Å². The number of nitrogens with one attached hydrogen (secondary N) is 1. The van der Waals surface area contributed by atoms with E-state index in [0.717, 1.165) is 5.56 Å². The molecule has 1 N–H and O–H groups in total. The number of esters is 1. The van der Waals surface area contributed by atoms with Crippen molar-refractivity contribution < 1.29 is 18.7 Å². The molecule has 5 heteroatoms. The number of carbonyl (C=O) groups is 1. The zero-order valence-corrected chi connectivity index (χ0v) is 13.3. The Kier molecular flexibility index (Phi) is 6.15. The number of hydrogen-bond donors (Lipinski definition) is 1. The molecule has 21 heavy (non-hydrogen) atoms. The van der Waals surface area contributed by atoms with Crippen LogP contribution in [0.15, 0.2) is 18.2 Å². The molecule has 0 fully saturated rings. The predicted molar refractivity (Wildman–Crippen MR) is 79.7 cm³/mol. The minimum Gasteiger partial charge on any atom is -0.489 e. The van der Waals surface area contributed by atoms with Crippen LogP contribution in [0.4, 0.5) is 4.39 Å². The van der Waals surface area contributed by atoms with Gasteiger partial charge in [-0.3, -0.25) is 4.79 Å². The minimum absolute atomic E-state index is 0.0557. The van der Waals surface area contributed by atoms with Crippen molar-refractivity contribution in [3.63, 3.8) is 0 Å². The lowest BCUT2D eigenvalue weighted by molar-refractivity contribution is -0.152. The third-order valence-corrected chi connectivity index (χ3v) is 3.04. The van der Waals surface area contributed by atoms with Crippen LogP contribution in [0.5, 0.6) is 5.75 Å². The fraction of sp³-hybridized carbons (Fsp3) is 0.562. The average Bonchev–Trinajstić information content (AvgIpc) is 2.43. The Balaban J connectivity index is 2.67. The molecule has 0 bridgehead atoms. The molecule has 4 nitrogen and oxygen atoms in total. The minimum atomic E-state index is -0.820. The van der Waals surface area contributed by atoms with Crippen molar-refractivity contribution >= 4 is 5.97 Å². The standard InChI is InChI=1S/C16H24FNO3/c1-11(2)18-9-12-6-7-14(13(17)8-12)21-10-16(3,4)15(19)20-5/h6-8,11,18H,9-10H2,1-5H3. The quantitative estimate of drug-likeness (QED) is 0.786. The second kappa shape index (κ2) is 7.41. The van der Waals surface area contributed by atoms with Crippen LogP contribution in [0.25, 0.3) is 0 Å². The number of hydrogen-bond acceptors (Lipinski definition) is 4. The van der Waals surface area contributed by atoms with Crippen molar-refractivity contribution in [1.82, 2.24) is 5.32 Å². The smallest absolute Gasteiger partial charge is 0.314 e. The first-order chi connectivity index (χ1) is 9.76. The van der Waals surface area contributed by atoms with Gasteiger partial charge in [-0.1, -0.05) is 19.9 Å². The molecule has 0 aromatic heterocycles. The number of benzene rings is 1. The molecule has 0 heterocycles. The summed E-state index contributed by atoms with van der Waals surface area (Å²) in [6.07, 6.45) is 0. The highest BCUT2D eigenvalue weighted by Crippen LogP contribution is 2.23. The maximum atomic E-state index is 14.0. The monoisotopic (exact) mass is 297 g/mol. The third-order valence-electron chi connectivity index (χ3n) is 3.04. The number of rotatable bonds is 7. The van der Waals surface area contributed by atoms with Gasteiger partial charge in [-0.25, -0.2) is 4.39 Å². The fourth-order valence-electron chi connectivity index (χ4n) is 1.69. The molecule has 0 aliphatic carbocycles. The first-order valence-corrected chi connectivity index (χ1v) is 6.99. The number of ether oxygens (including phenoxy) is 2. The maximum Gasteiger partial charge on any atom is 0.314 e. The van der Waals surface area contributed by atoms with Gasteiger partial charge in [-0.2, -0.15) is 0 Å². The van der Waals surface area contributed by atoms with Gasteiger partial charge in [0.25, 0.3) is 0 Å². The zero-order chi connectivity index (χ0) is 16.0. The Hall–Kier alpha value is -1.62. The van der Waals surface area contributed by atoms with Crippen molar-refractivity contribution in [3.8, 4) is 5.75 Å². The van der Waals surface area contributed by atoms with Gasteiger partial charge in [-0.05, 0) is 31.5 Å². The Labute approximate surface area is 125 Å². The summed E-state index contributed by atoms with van der Waals surface area (Å²) >= 11 is 0. The summed E-state index contributed by atoms with van der Waals surface area (Å²) in [5.41, 5.74) is 0.0276. The van der Waals surface area contributed by atoms with Crippen LogP contribution in [0.1, 0.15) is 33.3 Å². The first kappa shape index (κ1) is 17.4. The molecule has 1 aromatic carbocycles. The van der Waals surface area contributed by atoms with Gasteiger partial charge in [0, 0.05) is 12.6 Å². The van der Waals surface area contributed by atoms with E-state index in [-0.39, 0.29) is 18.3 Å². The lowest BCUT2D eigenvalue weighted by atomic mass is 9.95. The van der Waals surface area contributed by atoms with E-state index < -0.39 is 11.2 Å². The van der Waals surface area contributed by atoms with E-state index in [2.05, 4.69) is 10.1 Å². The second-order valence-electron chi connectivity index (χ2n) is 5.96. The molecule has 0 aliphatic heterocycles. The molecule has 0 radical (unpaired) electrons. The summed E-state index contributed by atoms with van der Waals surface area (Å²) in [6, 6.07) is 5.17. The van der Waals surface area contributed by atoms with Gasteiger partial charge in [0.05, 0.1) is 12.5 Å². The number of methoxy groups -OCH3 is 1. The Morgan fingerprint density at radius 2 is 2.05 bits per heavy atom. The van der Waals surface area contributed by atoms with Crippen molar-refractivity contribution in [2.24, 2.45) is 5.41 Å². The molecule has 1 rings (SSSR count). The van der Waals surface area contributed by atoms with Gasteiger partial charge >= 0.3 is 5.97 Å². The topological polar surface area (TPSA) is 47.6 Å². The summed E-state index contributed by atoms with van der Waals surface area (Å²) < 4.78 is 24.1. The van der Waals surface area contributed by atoms with Crippen molar-refractivity contribution in [3.05, 3.63) is 29.6 Å². The molecule has 0 spiro atoms. The van der Waals surface area contributed by atoms with Crippen LogP contribution in [-0.4, -0.2) is 25.7 Å². The molecular formula is C16H24FNO3. The van der Waals surface area contributed by atoms with E-state index in [9.17, 15) is 9.18 Å². The Morgan fingerprint density at radius 3 is 2.57 bits per heavy atom. The summed E-state index contributed by atoms with van der Waals surface area (Å²) in [5.74, 6) is -0.681. The molecule has 118 valence electrons. The summed E-state index contributed by atoms with van der Waals surface area (Å²) in [5, 5.41) is 3.22. The van der Waals surface area contributed by atoms with Crippen LogP contribution in [0, 0.1) is 11.2 Å². The molecule has 0 atom stereocenters. The van der Waals surface area contributed by atoms with Crippen LogP contribution in [0.3, 0.4) is 0 Å². The SMILES string of the molecule is COC(=O)C(C)(C)COc1ccc(CNC(C)C)cc1F. The van der Waals surface area contributed by atoms with Crippen LogP contribution < -0.4 is 10.1 Å². The molecule has 1 aromatic rings. The van der Waals surface area contributed by atoms with E-state index in [1.54, 1.807) is 26.0 Å². The molecule has 0 saturated carbocycles. The van der Waals surface area contributed by atoms with Crippen LogP contribution in [-0.2, 0) is 16.1 Å². The van der Waals surface area contributed by atoms with Crippen molar-refractivity contribution in [1.29, 1.82) is 0 Å². The largest absolute Gasteiger partial charge is 0.489 e. The average molecular weight is 297 g/mol. The number of carbonyl (C=O) groups excluding carboxylic acids is 1. The van der Waals surface area contributed by atoms with Gasteiger partial charge in [-0.15, -0.1) is 0 Å². The summed E-state index contributed by atoms with van der Waals surface area (Å²) in [6.45, 7) is 8.10. The highest BCUT2D eigenvalue weighted by Gasteiger charge is 2.30. The van der Waals surface area contributed by atoms with E-state index >= 15 is 0 Å². The summed E-state index contributed by atoms with van der Waals surface area (Å²) in [7, 11) is 1.32. The Bertz CT molecular complexity index is 486. The van der Waals surface area contributed by atoms with E-state index in [1.807, 2.05) is 13.8 Å². The Morgan fingerprint density at radius 1 is 1.38 bits per heavy atom. The highest BCUT2D eigenvalue weighted by molar-refractivity contribution is 5.75. The van der Waals surface area contributed by atoms with E-state index in [0.29, 0.717) is 12.6 Å². The number of halogens is 1. The van der Waals surface area contributed by atoms with E-state index in [1.165, 1.54) is 13.2 Å². The highest BCUT2D eigenvalue weighted by atomic mass is 19.1. The normalized spacial score (nSPS) is 11.6.